The maximum absolute atomic E-state index is 14.0. The van der Waals surface area contributed by atoms with Crippen LogP contribution in [0.25, 0.3) is 10.9 Å². The number of fused-ring (bicyclic) bond motifs is 1. The number of H-pyrrole nitrogens is 1. The Kier molecular flexibility index (Phi) is 5.55. The minimum atomic E-state index is -4.91. The van der Waals surface area contributed by atoms with E-state index in [1.165, 1.54) is 6.20 Å². The standard InChI is InChI=1S/C18H16Cl2F3N3O2S/c1-17(18(21,22)23,8-10-9-25-15-5-3-2-4-12(10)15)26-29(27,28)16-13(20)6-11(19)7-14(16)24/h2-7,9,25-26H,8,24H2,1H3. The number of anilines is 1. The van der Waals surface area contributed by atoms with Crippen molar-refractivity contribution in [2.75, 3.05) is 5.73 Å². The number of hydrogen-bond donors (Lipinski definition) is 3. The summed E-state index contributed by atoms with van der Waals surface area (Å²) in [7, 11) is -4.73. The van der Waals surface area contributed by atoms with Crippen molar-refractivity contribution in [1.29, 1.82) is 0 Å². The molecule has 4 N–H and O–H groups in total. The lowest BCUT2D eigenvalue weighted by Gasteiger charge is -2.33. The first-order valence-corrected chi connectivity index (χ1v) is 10.5. The fraction of sp³-hybridized carbons (Fsp3) is 0.222. The van der Waals surface area contributed by atoms with E-state index in [2.05, 4.69) is 4.98 Å². The second-order valence-corrected chi connectivity index (χ2v) is 9.24. The van der Waals surface area contributed by atoms with Crippen molar-refractivity contribution in [2.24, 2.45) is 0 Å². The SMILES string of the molecule is CC(Cc1c[nH]c2ccccc12)(NS(=O)(=O)c1c(N)cc(Cl)cc1Cl)C(F)(F)F. The average Bonchev–Trinajstić information content (AvgIpc) is 2.95. The quantitative estimate of drug-likeness (QED) is 0.468. The maximum atomic E-state index is 14.0. The molecule has 5 nitrogen and oxygen atoms in total. The number of rotatable bonds is 5. The van der Waals surface area contributed by atoms with Crippen LogP contribution in [0.1, 0.15) is 12.5 Å². The zero-order valence-corrected chi connectivity index (χ0v) is 17.3. The molecule has 29 heavy (non-hydrogen) atoms. The van der Waals surface area contributed by atoms with Gasteiger partial charge in [0, 0.05) is 28.5 Å². The number of nitrogen functional groups attached to an aromatic ring is 1. The Labute approximate surface area is 175 Å². The van der Waals surface area contributed by atoms with Crippen molar-refractivity contribution < 1.29 is 21.6 Å². The molecule has 1 unspecified atom stereocenters. The molecule has 2 aromatic carbocycles. The number of para-hydroxylation sites is 1. The molecular weight excluding hydrogens is 450 g/mol. The number of aromatic nitrogens is 1. The minimum Gasteiger partial charge on any atom is -0.398 e. The molecule has 0 radical (unpaired) electrons. The van der Waals surface area contributed by atoms with Crippen molar-refractivity contribution in [3.63, 3.8) is 0 Å². The number of hydrogen-bond acceptors (Lipinski definition) is 3. The van der Waals surface area contributed by atoms with Gasteiger partial charge in [0.1, 0.15) is 10.4 Å². The van der Waals surface area contributed by atoms with Gasteiger partial charge in [-0.05, 0) is 30.7 Å². The van der Waals surface area contributed by atoms with Crippen molar-refractivity contribution in [3.8, 4) is 0 Å². The molecule has 3 aromatic rings. The van der Waals surface area contributed by atoms with Crippen LogP contribution in [0.5, 0.6) is 0 Å². The van der Waals surface area contributed by atoms with Gasteiger partial charge in [0.25, 0.3) is 0 Å². The van der Waals surface area contributed by atoms with Crippen LogP contribution in [0.15, 0.2) is 47.5 Å². The largest absolute Gasteiger partial charge is 0.407 e. The molecule has 0 spiro atoms. The minimum absolute atomic E-state index is 0.0591. The second-order valence-electron chi connectivity index (χ2n) is 6.78. The molecule has 1 aromatic heterocycles. The normalized spacial score (nSPS) is 14.8. The summed E-state index contributed by atoms with van der Waals surface area (Å²) in [4.78, 5) is 2.23. The zero-order valence-electron chi connectivity index (χ0n) is 14.9. The van der Waals surface area contributed by atoms with Crippen molar-refractivity contribution in [3.05, 3.63) is 58.2 Å². The van der Waals surface area contributed by atoms with E-state index in [0.717, 1.165) is 19.1 Å². The summed E-state index contributed by atoms with van der Waals surface area (Å²) in [5.41, 5.74) is 3.43. The molecule has 11 heteroatoms. The first-order valence-electron chi connectivity index (χ1n) is 8.24. The molecule has 0 fully saturated rings. The van der Waals surface area contributed by atoms with Gasteiger partial charge >= 0.3 is 6.18 Å². The fourth-order valence-corrected chi connectivity index (χ4v) is 5.45. The lowest BCUT2D eigenvalue weighted by atomic mass is 9.93. The van der Waals surface area contributed by atoms with Gasteiger partial charge in [-0.3, -0.25) is 0 Å². The van der Waals surface area contributed by atoms with Gasteiger partial charge in [-0.1, -0.05) is 41.4 Å². The van der Waals surface area contributed by atoms with E-state index in [1.807, 2.05) is 0 Å². The summed E-state index contributed by atoms with van der Waals surface area (Å²) in [6, 6.07) is 8.98. The van der Waals surface area contributed by atoms with Crippen LogP contribution in [0, 0.1) is 0 Å². The Hall–Kier alpha value is -1.94. The molecule has 3 rings (SSSR count). The van der Waals surface area contributed by atoms with Gasteiger partial charge in [-0.15, -0.1) is 0 Å². The number of nitrogens with one attached hydrogen (secondary N) is 2. The predicted molar refractivity (Wildman–Crippen MR) is 108 cm³/mol. The van der Waals surface area contributed by atoms with E-state index in [-0.39, 0.29) is 15.7 Å². The Morgan fingerprint density at radius 2 is 1.83 bits per heavy atom. The summed E-state index contributed by atoms with van der Waals surface area (Å²) < 4.78 is 69.3. The lowest BCUT2D eigenvalue weighted by molar-refractivity contribution is -0.185. The Bertz CT molecular complexity index is 1160. The first-order chi connectivity index (χ1) is 13.3. The average molecular weight is 466 g/mol. The molecule has 0 bridgehead atoms. The first kappa shape index (κ1) is 21.8. The molecule has 156 valence electrons. The zero-order chi connectivity index (χ0) is 21.6. The summed E-state index contributed by atoms with van der Waals surface area (Å²) in [6.45, 7) is 0.770. The maximum Gasteiger partial charge on any atom is 0.407 e. The number of alkyl halides is 3. The molecule has 0 aliphatic rings. The van der Waals surface area contributed by atoms with Crippen LogP contribution in [0.3, 0.4) is 0 Å². The van der Waals surface area contributed by atoms with Crippen molar-refractivity contribution in [2.45, 2.75) is 30.0 Å². The predicted octanol–water partition coefficient (Wildman–Crippen LogP) is 4.90. The van der Waals surface area contributed by atoms with E-state index in [1.54, 1.807) is 29.0 Å². The van der Waals surface area contributed by atoms with E-state index in [4.69, 9.17) is 28.9 Å². The molecule has 1 atom stereocenters. The highest BCUT2D eigenvalue weighted by atomic mass is 35.5. The third kappa shape index (κ3) is 4.18. The van der Waals surface area contributed by atoms with Gasteiger partial charge in [0.2, 0.25) is 10.0 Å². The topological polar surface area (TPSA) is 88.0 Å². The number of sulfonamides is 1. The summed E-state index contributed by atoms with van der Waals surface area (Å²) in [5.74, 6) is 0. The van der Waals surface area contributed by atoms with Gasteiger partial charge in [0.15, 0.2) is 0 Å². The molecule has 0 aliphatic heterocycles. The molecule has 0 amide bonds. The van der Waals surface area contributed by atoms with Crippen molar-refractivity contribution >= 4 is 49.8 Å². The summed E-state index contributed by atoms with van der Waals surface area (Å²) >= 11 is 11.7. The van der Waals surface area contributed by atoms with Crippen LogP contribution in [0.2, 0.25) is 10.0 Å². The number of nitrogens with two attached hydrogens (primary N) is 1. The number of benzene rings is 2. The third-order valence-electron chi connectivity index (χ3n) is 4.51. The van der Waals surface area contributed by atoms with Crippen LogP contribution in [-0.4, -0.2) is 25.1 Å². The molecule has 0 aliphatic carbocycles. The highest BCUT2D eigenvalue weighted by Gasteiger charge is 2.54. The molecule has 1 heterocycles. The van der Waals surface area contributed by atoms with E-state index in [0.29, 0.717) is 16.5 Å². The van der Waals surface area contributed by atoms with E-state index >= 15 is 0 Å². The molecule has 0 saturated heterocycles. The molecular formula is C18H16Cl2F3N3O2S. The smallest absolute Gasteiger partial charge is 0.398 e. The van der Waals surface area contributed by atoms with Crippen LogP contribution in [-0.2, 0) is 16.4 Å². The third-order valence-corrected chi connectivity index (χ3v) is 6.85. The van der Waals surface area contributed by atoms with Crippen molar-refractivity contribution in [1.82, 2.24) is 9.71 Å². The monoisotopic (exact) mass is 465 g/mol. The van der Waals surface area contributed by atoms with E-state index < -0.39 is 33.1 Å². The highest BCUT2D eigenvalue weighted by molar-refractivity contribution is 7.89. The van der Waals surface area contributed by atoms with Gasteiger partial charge in [-0.25, -0.2) is 8.42 Å². The van der Waals surface area contributed by atoms with Gasteiger partial charge < -0.3 is 10.7 Å². The Morgan fingerprint density at radius 3 is 2.45 bits per heavy atom. The van der Waals surface area contributed by atoms with E-state index in [9.17, 15) is 21.6 Å². The van der Waals surface area contributed by atoms with Gasteiger partial charge in [-0.2, -0.15) is 17.9 Å². The second kappa shape index (κ2) is 7.39. The van der Waals surface area contributed by atoms with Crippen LogP contribution in [0.4, 0.5) is 18.9 Å². The van der Waals surface area contributed by atoms with Crippen LogP contribution >= 0.6 is 23.2 Å². The number of aromatic amines is 1. The van der Waals surface area contributed by atoms with Crippen LogP contribution < -0.4 is 10.5 Å². The summed E-state index contributed by atoms with van der Waals surface area (Å²) in [6.07, 6.45) is -4.14. The fourth-order valence-electron chi connectivity index (χ4n) is 3.06. The number of halogens is 5. The lowest BCUT2D eigenvalue weighted by Crippen LogP contribution is -2.58. The molecule has 0 saturated carbocycles. The Balaban J connectivity index is 2.06. The Morgan fingerprint density at radius 1 is 1.17 bits per heavy atom. The highest BCUT2D eigenvalue weighted by Crippen LogP contribution is 2.38. The van der Waals surface area contributed by atoms with Gasteiger partial charge in [0.05, 0.1) is 10.7 Å². The summed E-state index contributed by atoms with van der Waals surface area (Å²) in [5, 5.41) is 0.245.